The van der Waals surface area contributed by atoms with E-state index in [0.29, 0.717) is 0 Å². The van der Waals surface area contributed by atoms with Gasteiger partial charge in [-0.05, 0) is 81.9 Å². The van der Waals surface area contributed by atoms with Crippen LogP contribution in [0.25, 0.3) is 71.6 Å². The molecule has 198 valence electrons. The van der Waals surface area contributed by atoms with Gasteiger partial charge in [0.1, 0.15) is 0 Å². The smallest absolute Gasteiger partial charge is 0.0817 e. The summed E-state index contributed by atoms with van der Waals surface area (Å²) in [4.78, 5) is 9.54. The standard InChI is InChI=1S/C39H27N3/c1-39(2)32-16-5-3-13-28(32)30-21-31-29-14-4-6-18-35(29)42(36(31)22-33(30)39)26-12-7-10-24(20-26)27-15-8-17-34-37(27)38-25(23-41-34)11-9-19-40-38/h3-23H,1-2H3. The molecule has 0 aliphatic heterocycles. The molecule has 0 spiro atoms. The zero-order valence-corrected chi connectivity index (χ0v) is 23.5. The molecule has 9 rings (SSSR count). The van der Waals surface area contributed by atoms with Crippen LogP contribution in [-0.2, 0) is 5.41 Å². The molecule has 3 aromatic heterocycles. The number of aromatic nitrogens is 3. The van der Waals surface area contributed by atoms with Crippen molar-refractivity contribution in [2.24, 2.45) is 0 Å². The summed E-state index contributed by atoms with van der Waals surface area (Å²) < 4.78 is 2.44. The molecule has 0 unspecified atom stereocenters. The molecule has 0 atom stereocenters. The molecule has 0 N–H and O–H groups in total. The van der Waals surface area contributed by atoms with Crippen LogP contribution >= 0.6 is 0 Å². The fourth-order valence-electron chi connectivity index (χ4n) is 7.26. The minimum Gasteiger partial charge on any atom is -0.309 e. The van der Waals surface area contributed by atoms with Gasteiger partial charge >= 0.3 is 0 Å². The van der Waals surface area contributed by atoms with Crippen molar-refractivity contribution in [2.45, 2.75) is 19.3 Å². The molecule has 0 saturated heterocycles. The Hall–Kier alpha value is -5.28. The minimum absolute atomic E-state index is 0.0622. The maximum absolute atomic E-state index is 4.77. The highest BCUT2D eigenvalue weighted by Gasteiger charge is 2.36. The number of fused-ring (bicyclic) bond motifs is 9. The van der Waals surface area contributed by atoms with E-state index in [1.807, 2.05) is 18.5 Å². The van der Waals surface area contributed by atoms with Crippen LogP contribution in [0.5, 0.6) is 0 Å². The number of nitrogens with zero attached hydrogens (tertiary/aromatic N) is 3. The van der Waals surface area contributed by atoms with E-state index >= 15 is 0 Å². The van der Waals surface area contributed by atoms with E-state index in [1.54, 1.807) is 0 Å². The van der Waals surface area contributed by atoms with Crippen molar-refractivity contribution < 1.29 is 0 Å². The van der Waals surface area contributed by atoms with E-state index in [4.69, 9.17) is 9.97 Å². The number of benzene rings is 5. The highest BCUT2D eigenvalue weighted by atomic mass is 15.0. The van der Waals surface area contributed by atoms with Gasteiger partial charge in [0.25, 0.3) is 0 Å². The van der Waals surface area contributed by atoms with Gasteiger partial charge in [-0.3, -0.25) is 9.97 Å². The highest BCUT2D eigenvalue weighted by Crippen LogP contribution is 2.51. The molecule has 3 heterocycles. The lowest BCUT2D eigenvalue weighted by molar-refractivity contribution is 0.661. The summed E-state index contributed by atoms with van der Waals surface area (Å²) in [6, 6.07) is 41.8. The molecule has 0 saturated carbocycles. The second-order valence-electron chi connectivity index (χ2n) is 11.9. The number of para-hydroxylation sites is 1. The predicted octanol–water partition coefficient (Wildman–Crippen LogP) is 9.85. The number of hydrogen-bond acceptors (Lipinski definition) is 2. The van der Waals surface area contributed by atoms with Gasteiger partial charge in [0, 0.05) is 45.0 Å². The van der Waals surface area contributed by atoms with Crippen molar-refractivity contribution in [1.29, 1.82) is 0 Å². The summed E-state index contributed by atoms with van der Waals surface area (Å²) >= 11 is 0. The lowest BCUT2D eigenvalue weighted by Crippen LogP contribution is -2.14. The third-order valence-corrected chi connectivity index (χ3v) is 9.25. The monoisotopic (exact) mass is 537 g/mol. The average Bonchev–Trinajstić information content (AvgIpc) is 3.48. The summed E-state index contributed by atoms with van der Waals surface area (Å²) in [5.41, 5.74) is 13.2. The Bertz CT molecular complexity index is 2390. The van der Waals surface area contributed by atoms with Crippen molar-refractivity contribution in [2.75, 3.05) is 0 Å². The van der Waals surface area contributed by atoms with Crippen LogP contribution in [0, 0.1) is 0 Å². The first-order valence-electron chi connectivity index (χ1n) is 14.5. The third-order valence-electron chi connectivity index (χ3n) is 9.25. The molecule has 0 radical (unpaired) electrons. The number of hydrogen-bond donors (Lipinski definition) is 0. The number of rotatable bonds is 2. The predicted molar refractivity (Wildman–Crippen MR) is 174 cm³/mol. The van der Waals surface area contributed by atoms with Crippen LogP contribution in [0.15, 0.2) is 128 Å². The lowest BCUT2D eigenvalue weighted by atomic mass is 9.82. The largest absolute Gasteiger partial charge is 0.309 e. The first kappa shape index (κ1) is 23.4. The Morgan fingerprint density at radius 2 is 1.43 bits per heavy atom. The molecular formula is C39H27N3. The molecule has 1 aliphatic rings. The normalized spacial score (nSPS) is 13.7. The molecule has 42 heavy (non-hydrogen) atoms. The van der Waals surface area contributed by atoms with Crippen LogP contribution in [0.2, 0.25) is 0 Å². The van der Waals surface area contributed by atoms with Gasteiger partial charge in [-0.15, -0.1) is 0 Å². The van der Waals surface area contributed by atoms with E-state index < -0.39 is 0 Å². The van der Waals surface area contributed by atoms with Crippen molar-refractivity contribution in [3.63, 3.8) is 0 Å². The van der Waals surface area contributed by atoms with E-state index in [1.165, 1.54) is 44.1 Å². The molecule has 1 aliphatic carbocycles. The minimum atomic E-state index is -0.0622. The molecule has 3 heteroatoms. The fourth-order valence-corrected chi connectivity index (χ4v) is 7.26. The van der Waals surface area contributed by atoms with Crippen LogP contribution in [0.4, 0.5) is 0 Å². The Morgan fingerprint density at radius 3 is 2.38 bits per heavy atom. The summed E-state index contributed by atoms with van der Waals surface area (Å²) in [5, 5.41) is 4.69. The molecule has 0 amide bonds. The van der Waals surface area contributed by atoms with Gasteiger partial charge in [-0.25, -0.2) is 0 Å². The summed E-state index contributed by atoms with van der Waals surface area (Å²) in [7, 11) is 0. The van der Waals surface area contributed by atoms with Gasteiger partial charge in [-0.1, -0.05) is 80.6 Å². The van der Waals surface area contributed by atoms with Gasteiger partial charge in [-0.2, -0.15) is 0 Å². The van der Waals surface area contributed by atoms with Crippen LogP contribution in [0.3, 0.4) is 0 Å². The van der Waals surface area contributed by atoms with Gasteiger partial charge < -0.3 is 4.57 Å². The van der Waals surface area contributed by atoms with E-state index in [9.17, 15) is 0 Å². The zero-order valence-electron chi connectivity index (χ0n) is 23.5. The topological polar surface area (TPSA) is 30.7 Å². The average molecular weight is 538 g/mol. The van der Waals surface area contributed by atoms with Gasteiger partial charge in [0.05, 0.1) is 22.1 Å². The van der Waals surface area contributed by atoms with Crippen LogP contribution < -0.4 is 0 Å². The first-order chi connectivity index (χ1) is 20.6. The van der Waals surface area contributed by atoms with Crippen LogP contribution in [0.1, 0.15) is 25.0 Å². The zero-order chi connectivity index (χ0) is 28.0. The molecule has 5 aromatic carbocycles. The third kappa shape index (κ3) is 3.11. The van der Waals surface area contributed by atoms with E-state index in [2.05, 4.69) is 128 Å². The quantitative estimate of drug-likeness (QED) is 0.205. The Kier molecular flexibility index (Phi) is 4.67. The molecule has 0 fully saturated rings. The Labute approximate surface area is 243 Å². The molecule has 3 nitrogen and oxygen atoms in total. The first-order valence-corrected chi connectivity index (χ1v) is 14.5. The highest BCUT2D eigenvalue weighted by molar-refractivity contribution is 6.13. The van der Waals surface area contributed by atoms with Crippen LogP contribution in [-0.4, -0.2) is 14.5 Å². The lowest BCUT2D eigenvalue weighted by Gasteiger charge is -2.21. The van der Waals surface area contributed by atoms with Gasteiger partial charge in [0.2, 0.25) is 0 Å². The summed E-state index contributed by atoms with van der Waals surface area (Å²) in [6.45, 7) is 4.70. The van der Waals surface area contributed by atoms with Crippen molar-refractivity contribution in [3.8, 4) is 27.9 Å². The SMILES string of the molecule is CC1(C)c2ccccc2-c2cc3c4ccccc4n(-c4cccc(-c5cccc6ncc7cccnc7c56)c4)c3cc21. The molecule has 8 aromatic rings. The van der Waals surface area contributed by atoms with Crippen molar-refractivity contribution in [3.05, 3.63) is 139 Å². The second-order valence-corrected chi connectivity index (χ2v) is 11.9. The summed E-state index contributed by atoms with van der Waals surface area (Å²) in [6.07, 6.45) is 3.78. The maximum atomic E-state index is 4.77. The molecule has 0 bridgehead atoms. The number of pyridine rings is 2. The summed E-state index contributed by atoms with van der Waals surface area (Å²) in [5.74, 6) is 0. The van der Waals surface area contributed by atoms with Crippen molar-refractivity contribution >= 4 is 43.6 Å². The molecular weight excluding hydrogens is 510 g/mol. The van der Waals surface area contributed by atoms with Crippen molar-refractivity contribution in [1.82, 2.24) is 14.5 Å². The second kappa shape index (κ2) is 8.37. The Balaban J connectivity index is 1.32. The maximum Gasteiger partial charge on any atom is 0.0817 e. The van der Waals surface area contributed by atoms with E-state index in [-0.39, 0.29) is 5.41 Å². The Morgan fingerprint density at radius 1 is 0.595 bits per heavy atom. The van der Waals surface area contributed by atoms with E-state index in [0.717, 1.165) is 38.6 Å². The fraction of sp³-hybridized carbons (Fsp3) is 0.0769. The van der Waals surface area contributed by atoms with Gasteiger partial charge in [0.15, 0.2) is 0 Å².